The van der Waals surface area contributed by atoms with E-state index < -0.39 is 5.97 Å². The number of aryl methyl sites for hydroxylation is 1. The molecule has 2 heterocycles. The summed E-state index contributed by atoms with van der Waals surface area (Å²) < 4.78 is 7.73. The highest BCUT2D eigenvalue weighted by atomic mass is 79.9. The summed E-state index contributed by atoms with van der Waals surface area (Å²) in [7, 11) is 1.56. The highest BCUT2D eigenvalue weighted by Gasteiger charge is 2.16. The zero-order valence-corrected chi connectivity index (χ0v) is 17.8. The van der Waals surface area contributed by atoms with Crippen molar-refractivity contribution in [3.63, 3.8) is 0 Å². The van der Waals surface area contributed by atoms with Crippen LogP contribution >= 0.6 is 15.9 Å². The van der Waals surface area contributed by atoms with Crippen LogP contribution in [0.4, 0.5) is 5.82 Å². The number of aromatic nitrogens is 2. The molecule has 2 aromatic heterocycles. The van der Waals surface area contributed by atoms with Crippen molar-refractivity contribution < 1.29 is 14.6 Å². The molecule has 0 aliphatic rings. The van der Waals surface area contributed by atoms with E-state index >= 15 is 0 Å². The van der Waals surface area contributed by atoms with Crippen LogP contribution in [-0.2, 0) is 11.3 Å². The van der Waals surface area contributed by atoms with Gasteiger partial charge in [0.1, 0.15) is 11.6 Å². The number of halogens is 1. The molecule has 0 aliphatic carbocycles. The van der Waals surface area contributed by atoms with Gasteiger partial charge in [-0.25, -0.2) is 9.78 Å². The average Bonchev–Trinajstić information content (AvgIpc) is 3.20. The van der Waals surface area contributed by atoms with Gasteiger partial charge >= 0.3 is 5.97 Å². The largest absolute Gasteiger partial charge is 0.478 e. The maximum Gasteiger partial charge on any atom is 0.335 e. The molecule has 2 N–H and O–H groups in total. The molecule has 30 heavy (non-hydrogen) atoms. The van der Waals surface area contributed by atoms with E-state index in [1.807, 2.05) is 31.3 Å². The van der Waals surface area contributed by atoms with Crippen LogP contribution in [0.5, 0.6) is 0 Å². The van der Waals surface area contributed by atoms with Crippen LogP contribution in [0.3, 0.4) is 0 Å². The molecule has 3 rings (SSSR count). The summed E-state index contributed by atoms with van der Waals surface area (Å²) in [5.41, 5.74) is 6.17. The predicted octanol–water partition coefficient (Wildman–Crippen LogP) is 4.11. The maximum atomic E-state index is 11.2. The summed E-state index contributed by atoms with van der Waals surface area (Å²) in [6.07, 6.45) is 3.38. The Bertz CT molecular complexity index is 1160. The molecule has 0 fully saturated rings. The van der Waals surface area contributed by atoms with Crippen molar-refractivity contribution in [3.05, 3.63) is 75.1 Å². The van der Waals surface area contributed by atoms with Gasteiger partial charge < -0.3 is 14.4 Å². The van der Waals surface area contributed by atoms with Crippen LogP contribution in [0.1, 0.15) is 32.9 Å². The molecule has 0 unspecified atom stereocenters. The molecule has 9 heteroatoms. The second-order valence-corrected chi connectivity index (χ2v) is 7.08. The number of anilines is 1. The first-order valence-corrected chi connectivity index (χ1v) is 9.63. The first kappa shape index (κ1) is 21.2. The fourth-order valence-electron chi connectivity index (χ4n) is 2.91. The molecule has 8 nitrogen and oxygen atoms in total. The van der Waals surface area contributed by atoms with Crippen molar-refractivity contribution in [1.29, 1.82) is 5.26 Å². The fraction of sp³-hybridized carbons (Fsp3) is 0.143. The Labute approximate surface area is 181 Å². The molecular weight excluding hydrogens is 450 g/mol. The molecule has 3 aromatic rings. The Morgan fingerprint density at radius 1 is 1.43 bits per heavy atom. The van der Waals surface area contributed by atoms with Crippen LogP contribution in [0.15, 0.2) is 52.2 Å². The number of ether oxygens (including phenoxy) is 1. The fourth-order valence-corrected chi connectivity index (χ4v) is 3.31. The van der Waals surface area contributed by atoms with E-state index in [1.54, 1.807) is 30.0 Å². The number of rotatable bonds is 7. The van der Waals surface area contributed by atoms with Crippen LogP contribution in [-0.4, -0.2) is 34.0 Å². The second-order valence-electron chi connectivity index (χ2n) is 6.29. The van der Waals surface area contributed by atoms with Gasteiger partial charge in [0.15, 0.2) is 5.82 Å². The molecule has 0 saturated carbocycles. The van der Waals surface area contributed by atoms with E-state index in [4.69, 9.17) is 4.74 Å². The Kier molecular flexibility index (Phi) is 6.61. The van der Waals surface area contributed by atoms with Gasteiger partial charge in [0, 0.05) is 29.0 Å². The number of carboxylic acids is 1. The lowest BCUT2D eigenvalue weighted by Gasteiger charge is -2.12. The number of benzene rings is 1. The van der Waals surface area contributed by atoms with Crippen LogP contribution in [0, 0.1) is 18.3 Å². The van der Waals surface area contributed by atoms with E-state index in [0.29, 0.717) is 28.3 Å². The average molecular weight is 468 g/mol. The number of methoxy groups -OCH3 is 1. The lowest BCUT2D eigenvalue weighted by atomic mass is 10.1. The minimum atomic E-state index is -0.992. The molecule has 0 aliphatic heterocycles. The number of carbonyl (C=O) groups is 1. The number of nitriles is 1. The van der Waals surface area contributed by atoms with Gasteiger partial charge in [0.25, 0.3) is 0 Å². The number of hydrogen-bond donors (Lipinski definition) is 2. The van der Waals surface area contributed by atoms with Gasteiger partial charge in [-0.2, -0.15) is 10.4 Å². The Morgan fingerprint density at radius 3 is 2.93 bits per heavy atom. The molecule has 0 saturated heterocycles. The lowest BCUT2D eigenvalue weighted by Crippen LogP contribution is -2.06. The number of nitrogens with one attached hydrogen (secondary N) is 1. The van der Waals surface area contributed by atoms with E-state index in [9.17, 15) is 15.2 Å². The third-order valence-electron chi connectivity index (χ3n) is 4.32. The number of pyridine rings is 1. The van der Waals surface area contributed by atoms with Gasteiger partial charge in [0.05, 0.1) is 29.8 Å². The zero-order chi connectivity index (χ0) is 21.7. The standard InChI is InChI=1S/C21H18BrN5O3/c1-13-19(22)18(12-30-2)17(10-23)20(25-13)26-24-11-16-7-4-8-27(16)15-6-3-5-14(9-15)21(28)29/h3-9,11H,12H2,1-2H3,(H,25,26)(H,28,29)/b24-11-. The minimum absolute atomic E-state index is 0.195. The Balaban J connectivity index is 1.90. The summed E-state index contributed by atoms with van der Waals surface area (Å²) in [6, 6.07) is 12.4. The van der Waals surface area contributed by atoms with Crippen molar-refractivity contribution >= 4 is 33.9 Å². The number of hydrogen-bond acceptors (Lipinski definition) is 6. The first-order valence-electron chi connectivity index (χ1n) is 8.84. The number of carboxylic acid groups (broad SMARTS) is 1. The molecule has 0 radical (unpaired) electrons. The Hall–Kier alpha value is -3.48. The van der Waals surface area contributed by atoms with E-state index in [2.05, 4.69) is 37.5 Å². The van der Waals surface area contributed by atoms with Gasteiger partial charge in [0.2, 0.25) is 0 Å². The quantitative estimate of drug-likeness (QED) is 0.399. The zero-order valence-electron chi connectivity index (χ0n) is 16.3. The highest BCUT2D eigenvalue weighted by Crippen LogP contribution is 2.28. The SMILES string of the molecule is COCc1c(Br)c(C)nc(N/N=C\c2cccn2-c2cccc(C(=O)O)c2)c1C#N. The highest BCUT2D eigenvalue weighted by molar-refractivity contribution is 9.10. The lowest BCUT2D eigenvalue weighted by molar-refractivity contribution is 0.0697. The topological polar surface area (TPSA) is 113 Å². The number of hydrazone groups is 1. The minimum Gasteiger partial charge on any atom is -0.478 e. The summed E-state index contributed by atoms with van der Waals surface area (Å²) in [4.78, 5) is 15.6. The van der Waals surface area contributed by atoms with Crippen LogP contribution in [0.2, 0.25) is 0 Å². The molecule has 0 amide bonds. The van der Waals surface area contributed by atoms with E-state index in [1.165, 1.54) is 6.07 Å². The monoisotopic (exact) mass is 467 g/mol. The van der Waals surface area contributed by atoms with Crippen molar-refractivity contribution in [2.24, 2.45) is 5.10 Å². The van der Waals surface area contributed by atoms with E-state index in [0.717, 1.165) is 10.2 Å². The van der Waals surface area contributed by atoms with E-state index in [-0.39, 0.29) is 12.2 Å². The van der Waals surface area contributed by atoms with Gasteiger partial charge in [-0.3, -0.25) is 5.43 Å². The maximum absolute atomic E-state index is 11.2. The third-order valence-corrected chi connectivity index (χ3v) is 5.37. The molecule has 0 spiro atoms. The smallest absolute Gasteiger partial charge is 0.335 e. The summed E-state index contributed by atoms with van der Waals surface area (Å²) in [6.45, 7) is 2.08. The van der Waals surface area contributed by atoms with Crippen LogP contribution < -0.4 is 5.43 Å². The van der Waals surface area contributed by atoms with Gasteiger partial charge in [-0.1, -0.05) is 6.07 Å². The van der Waals surface area contributed by atoms with Crippen LogP contribution in [0.25, 0.3) is 5.69 Å². The summed E-state index contributed by atoms with van der Waals surface area (Å²) in [5.74, 6) is -0.666. The van der Waals surface area contributed by atoms with Crippen molar-refractivity contribution in [2.45, 2.75) is 13.5 Å². The Morgan fingerprint density at radius 2 is 2.23 bits per heavy atom. The molecule has 152 valence electrons. The first-order chi connectivity index (χ1) is 14.5. The number of nitrogens with zero attached hydrogens (tertiary/aromatic N) is 4. The van der Waals surface area contributed by atoms with Gasteiger partial charge in [-0.15, -0.1) is 0 Å². The molecule has 0 atom stereocenters. The predicted molar refractivity (Wildman–Crippen MR) is 116 cm³/mol. The number of aromatic carboxylic acids is 1. The third kappa shape index (κ3) is 4.40. The second kappa shape index (κ2) is 9.35. The molecular formula is C21H18BrN5O3. The normalized spacial score (nSPS) is 10.9. The van der Waals surface area contributed by atoms with Crippen molar-refractivity contribution in [1.82, 2.24) is 9.55 Å². The van der Waals surface area contributed by atoms with Crippen molar-refractivity contribution in [2.75, 3.05) is 12.5 Å². The molecule has 0 bridgehead atoms. The van der Waals surface area contributed by atoms with Gasteiger partial charge in [-0.05, 0) is 53.2 Å². The summed E-state index contributed by atoms with van der Waals surface area (Å²) in [5, 5.41) is 23.0. The summed E-state index contributed by atoms with van der Waals surface area (Å²) >= 11 is 3.45. The van der Waals surface area contributed by atoms with Crippen molar-refractivity contribution in [3.8, 4) is 11.8 Å². The molecule has 1 aromatic carbocycles.